The molecular weight excluding hydrogens is 282 g/mol. The van der Waals surface area contributed by atoms with Crippen LogP contribution in [0.1, 0.15) is 46.2 Å². The number of hydrogen-bond donors (Lipinski definition) is 0. The molecule has 1 rings (SSSR count). The van der Waals surface area contributed by atoms with Crippen molar-refractivity contribution in [1.29, 1.82) is 0 Å². The van der Waals surface area contributed by atoms with Crippen LogP contribution in [0.2, 0.25) is 0 Å². The van der Waals surface area contributed by atoms with Crippen molar-refractivity contribution >= 4 is 12.4 Å². The summed E-state index contributed by atoms with van der Waals surface area (Å²) >= 11 is 0. The first kappa shape index (κ1) is 18.0. The molecule has 0 bridgehead atoms. The molecule has 0 aromatic heterocycles. The fourth-order valence-corrected chi connectivity index (χ4v) is 1.86. The number of nitrogens with zero attached hydrogens (tertiary/aromatic N) is 1. The SMILES string of the molecule is CC(C)Oc1ccc(C(C=O)N(C)C(=O)OC(C)(C)C)cc1. The lowest BCUT2D eigenvalue weighted by Gasteiger charge is -2.28. The summed E-state index contributed by atoms with van der Waals surface area (Å²) < 4.78 is 10.8. The Labute approximate surface area is 132 Å². The van der Waals surface area contributed by atoms with E-state index in [1.54, 1.807) is 52.1 Å². The van der Waals surface area contributed by atoms with E-state index in [0.717, 1.165) is 12.0 Å². The number of likely N-dealkylation sites (N-methyl/N-ethyl adjacent to an activating group) is 1. The monoisotopic (exact) mass is 307 g/mol. The van der Waals surface area contributed by atoms with E-state index in [-0.39, 0.29) is 6.10 Å². The van der Waals surface area contributed by atoms with Crippen LogP contribution in [0.5, 0.6) is 5.75 Å². The van der Waals surface area contributed by atoms with Gasteiger partial charge < -0.3 is 14.3 Å². The van der Waals surface area contributed by atoms with Gasteiger partial charge in [-0.05, 0) is 52.3 Å². The molecule has 1 aromatic carbocycles. The summed E-state index contributed by atoms with van der Waals surface area (Å²) in [6, 6.07) is 6.43. The molecule has 0 aliphatic carbocycles. The van der Waals surface area contributed by atoms with Gasteiger partial charge in [0.25, 0.3) is 0 Å². The molecule has 0 saturated carbocycles. The maximum atomic E-state index is 12.1. The molecule has 0 fully saturated rings. The number of aldehydes is 1. The smallest absolute Gasteiger partial charge is 0.410 e. The summed E-state index contributed by atoms with van der Waals surface area (Å²) in [6.07, 6.45) is 0.270. The van der Waals surface area contributed by atoms with Gasteiger partial charge in [-0.3, -0.25) is 4.90 Å². The van der Waals surface area contributed by atoms with Crippen molar-refractivity contribution in [2.24, 2.45) is 0 Å². The van der Waals surface area contributed by atoms with Crippen LogP contribution in [-0.4, -0.2) is 36.0 Å². The van der Waals surface area contributed by atoms with Gasteiger partial charge in [0.05, 0.1) is 6.10 Å². The van der Waals surface area contributed by atoms with E-state index in [4.69, 9.17) is 9.47 Å². The molecule has 0 aliphatic heterocycles. The van der Waals surface area contributed by atoms with Crippen molar-refractivity contribution < 1.29 is 19.1 Å². The number of benzene rings is 1. The quantitative estimate of drug-likeness (QED) is 0.780. The first-order chi connectivity index (χ1) is 10.1. The molecule has 122 valence electrons. The van der Waals surface area contributed by atoms with Crippen LogP contribution in [-0.2, 0) is 9.53 Å². The van der Waals surface area contributed by atoms with Crippen molar-refractivity contribution in [2.45, 2.75) is 52.4 Å². The number of ether oxygens (including phenoxy) is 2. The highest BCUT2D eigenvalue weighted by atomic mass is 16.6. The maximum Gasteiger partial charge on any atom is 0.410 e. The molecule has 5 heteroatoms. The van der Waals surface area contributed by atoms with Gasteiger partial charge in [-0.25, -0.2) is 4.79 Å². The summed E-state index contributed by atoms with van der Waals surface area (Å²) in [4.78, 5) is 24.8. The second kappa shape index (κ2) is 7.29. The first-order valence-corrected chi connectivity index (χ1v) is 7.31. The second-order valence-corrected chi connectivity index (χ2v) is 6.41. The highest BCUT2D eigenvalue weighted by Gasteiger charge is 2.26. The summed E-state index contributed by atoms with van der Waals surface area (Å²) in [7, 11) is 1.55. The van der Waals surface area contributed by atoms with E-state index in [1.807, 2.05) is 13.8 Å². The van der Waals surface area contributed by atoms with Gasteiger partial charge in [-0.2, -0.15) is 0 Å². The zero-order valence-electron chi connectivity index (χ0n) is 14.1. The number of amides is 1. The molecule has 0 N–H and O–H groups in total. The molecule has 5 nitrogen and oxygen atoms in total. The van der Waals surface area contributed by atoms with Crippen LogP contribution >= 0.6 is 0 Å². The standard InChI is InChI=1S/C17H25NO4/c1-12(2)21-14-9-7-13(8-10-14)15(11-19)18(6)16(20)22-17(3,4)5/h7-12,15H,1-6H3. The van der Waals surface area contributed by atoms with Gasteiger partial charge >= 0.3 is 6.09 Å². The Hall–Kier alpha value is -2.04. The van der Waals surface area contributed by atoms with Crippen molar-refractivity contribution in [2.75, 3.05) is 7.05 Å². The predicted octanol–water partition coefficient (Wildman–Crippen LogP) is 3.58. The third kappa shape index (κ3) is 5.39. The second-order valence-electron chi connectivity index (χ2n) is 6.41. The minimum absolute atomic E-state index is 0.0807. The average molecular weight is 307 g/mol. The van der Waals surface area contributed by atoms with Gasteiger partial charge in [0.2, 0.25) is 0 Å². The Morgan fingerprint density at radius 3 is 2.14 bits per heavy atom. The lowest BCUT2D eigenvalue weighted by atomic mass is 10.1. The van der Waals surface area contributed by atoms with Crippen molar-refractivity contribution in [3.8, 4) is 5.75 Å². The number of hydrogen-bond acceptors (Lipinski definition) is 4. The normalized spacial score (nSPS) is 12.7. The summed E-state index contributed by atoms with van der Waals surface area (Å²) in [6.45, 7) is 9.24. The molecule has 1 aromatic rings. The van der Waals surface area contributed by atoms with Crippen LogP contribution in [0, 0.1) is 0 Å². The van der Waals surface area contributed by atoms with Crippen LogP contribution in [0.15, 0.2) is 24.3 Å². The van der Waals surface area contributed by atoms with Crippen LogP contribution in [0.25, 0.3) is 0 Å². The highest BCUT2D eigenvalue weighted by Crippen LogP contribution is 2.23. The Kier molecular flexibility index (Phi) is 5.97. The van der Waals surface area contributed by atoms with E-state index < -0.39 is 17.7 Å². The Balaban J connectivity index is 2.86. The van der Waals surface area contributed by atoms with Gasteiger partial charge in [0.15, 0.2) is 0 Å². The highest BCUT2D eigenvalue weighted by molar-refractivity contribution is 5.74. The topological polar surface area (TPSA) is 55.8 Å². The van der Waals surface area contributed by atoms with Gasteiger partial charge in [-0.15, -0.1) is 0 Å². The van der Waals surface area contributed by atoms with Crippen LogP contribution < -0.4 is 4.74 Å². The number of rotatable bonds is 5. The van der Waals surface area contributed by atoms with Crippen LogP contribution in [0.3, 0.4) is 0 Å². The molecule has 0 radical (unpaired) electrons. The van der Waals surface area contributed by atoms with Crippen molar-refractivity contribution in [3.63, 3.8) is 0 Å². The largest absolute Gasteiger partial charge is 0.491 e. The molecule has 22 heavy (non-hydrogen) atoms. The zero-order valence-corrected chi connectivity index (χ0v) is 14.1. The lowest BCUT2D eigenvalue weighted by Crippen LogP contribution is -2.37. The predicted molar refractivity (Wildman–Crippen MR) is 85.0 cm³/mol. The fourth-order valence-electron chi connectivity index (χ4n) is 1.86. The van der Waals surface area contributed by atoms with E-state index in [0.29, 0.717) is 5.56 Å². The molecule has 1 amide bonds. The van der Waals surface area contributed by atoms with Gasteiger partial charge in [0, 0.05) is 7.05 Å². The Morgan fingerprint density at radius 2 is 1.73 bits per heavy atom. The first-order valence-electron chi connectivity index (χ1n) is 7.31. The third-order valence-corrected chi connectivity index (χ3v) is 2.82. The number of carbonyl (C=O) groups excluding carboxylic acids is 2. The summed E-state index contributed by atoms with van der Waals surface area (Å²) in [5, 5.41) is 0. The van der Waals surface area contributed by atoms with E-state index >= 15 is 0 Å². The van der Waals surface area contributed by atoms with E-state index in [9.17, 15) is 9.59 Å². The molecular formula is C17H25NO4. The summed E-state index contributed by atoms with van der Waals surface area (Å²) in [5.41, 5.74) is 0.104. The van der Waals surface area contributed by atoms with Gasteiger partial charge in [-0.1, -0.05) is 12.1 Å². The maximum absolute atomic E-state index is 12.1. The molecule has 1 unspecified atom stereocenters. The fraction of sp³-hybridized carbons (Fsp3) is 0.529. The molecule has 0 saturated heterocycles. The third-order valence-electron chi connectivity index (χ3n) is 2.82. The van der Waals surface area contributed by atoms with E-state index in [2.05, 4.69) is 0 Å². The minimum Gasteiger partial charge on any atom is -0.491 e. The lowest BCUT2D eigenvalue weighted by molar-refractivity contribution is -0.112. The van der Waals surface area contributed by atoms with Crippen molar-refractivity contribution in [1.82, 2.24) is 4.90 Å². The Morgan fingerprint density at radius 1 is 1.18 bits per heavy atom. The molecule has 0 heterocycles. The van der Waals surface area contributed by atoms with Crippen LogP contribution in [0.4, 0.5) is 4.79 Å². The summed E-state index contributed by atoms with van der Waals surface area (Å²) in [5.74, 6) is 0.725. The molecule has 0 spiro atoms. The number of carbonyl (C=O) groups is 2. The van der Waals surface area contributed by atoms with Crippen molar-refractivity contribution in [3.05, 3.63) is 29.8 Å². The Bertz CT molecular complexity index is 502. The van der Waals surface area contributed by atoms with Gasteiger partial charge in [0.1, 0.15) is 23.7 Å². The molecule has 1 atom stereocenters. The zero-order chi connectivity index (χ0) is 16.9. The molecule has 0 aliphatic rings. The van der Waals surface area contributed by atoms with E-state index in [1.165, 1.54) is 4.90 Å². The average Bonchev–Trinajstić information content (AvgIpc) is 2.38. The minimum atomic E-state index is -0.692.